The minimum absolute atomic E-state index is 0.0448. The molecule has 2 aliphatic rings. The van der Waals surface area contributed by atoms with Gasteiger partial charge < -0.3 is 25.4 Å². The fourth-order valence-corrected chi connectivity index (χ4v) is 3.23. The van der Waals surface area contributed by atoms with Crippen molar-refractivity contribution >= 4 is 12.1 Å². The quantitative estimate of drug-likeness (QED) is 0.637. The molecule has 1 unspecified atom stereocenters. The largest absolute Gasteiger partial charge is 0.488 e. The van der Waals surface area contributed by atoms with Gasteiger partial charge in [-0.1, -0.05) is 18.2 Å². The molecular formula is C18H26N4O3. The molecule has 1 aromatic carbocycles. The Hall–Kier alpha value is -2.44. The summed E-state index contributed by atoms with van der Waals surface area (Å²) in [5.74, 6) is 1.38. The number of nitrogens with zero attached hydrogens (tertiary/aromatic N) is 2. The van der Waals surface area contributed by atoms with Crippen molar-refractivity contribution in [1.29, 1.82) is 0 Å². The third kappa shape index (κ3) is 4.55. The SMILES string of the molecule is CCOC(=O)N1CCC(NC(N)=NCC2Cc3ccccc3O2)CC1. The highest BCUT2D eigenvalue weighted by atomic mass is 16.6. The van der Waals surface area contributed by atoms with Gasteiger partial charge >= 0.3 is 6.09 Å². The van der Waals surface area contributed by atoms with Crippen molar-refractivity contribution in [2.45, 2.75) is 38.3 Å². The Morgan fingerprint density at radius 2 is 2.16 bits per heavy atom. The van der Waals surface area contributed by atoms with Gasteiger partial charge in [0.1, 0.15) is 11.9 Å². The molecule has 3 N–H and O–H groups in total. The number of hydrogen-bond donors (Lipinski definition) is 2. The van der Waals surface area contributed by atoms with E-state index in [0.29, 0.717) is 32.2 Å². The van der Waals surface area contributed by atoms with Crippen LogP contribution in [0.4, 0.5) is 4.79 Å². The fourth-order valence-electron chi connectivity index (χ4n) is 3.23. The Kier molecular flexibility index (Phi) is 5.63. The monoisotopic (exact) mass is 346 g/mol. The number of nitrogens with two attached hydrogens (primary N) is 1. The van der Waals surface area contributed by atoms with Gasteiger partial charge in [-0.15, -0.1) is 0 Å². The lowest BCUT2D eigenvalue weighted by atomic mass is 10.1. The number of aliphatic imine (C=N–C) groups is 1. The standard InChI is InChI=1S/C18H26N4O3/c1-2-24-18(23)22-9-7-14(8-10-22)21-17(19)20-12-15-11-13-5-3-4-6-16(13)25-15/h3-6,14-15H,2,7-12H2,1H3,(H3,19,20,21). The van der Waals surface area contributed by atoms with Gasteiger partial charge in [0.2, 0.25) is 0 Å². The topological polar surface area (TPSA) is 89.2 Å². The zero-order chi connectivity index (χ0) is 17.6. The Labute approximate surface area is 148 Å². The highest BCUT2D eigenvalue weighted by Crippen LogP contribution is 2.28. The second-order valence-electron chi connectivity index (χ2n) is 6.38. The van der Waals surface area contributed by atoms with Gasteiger partial charge in [0.05, 0.1) is 13.2 Å². The summed E-state index contributed by atoms with van der Waals surface area (Å²) >= 11 is 0. The summed E-state index contributed by atoms with van der Waals surface area (Å²) in [5, 5.41) is 3.25. The van der Waals surface area contributed by atoms with Crippen LogP contribution in [0.1, 0.15) is 25.3 Å². The molecule has 1 fully saturated rings. The molecule has 2 aliphatic heterocycles. The first-order chi connectivity index (χ1) is 12.2. The number of guanidine groups is 1. The van der Waals surface area contributed by atoms with Crippen molar-refractivity contribution in [2.24, 2.45) is 10.7 Å². The lowest BCUT2D eigenvalue weighted by Crippen LogP contribution is -2.48. The minimum atomic E-state index is -0.236. The van der Waals surface area contributed by atoms with Crippen LogP contribution >= 0.6 is 0 Å². The van der Waals surface area contributed by atoms with E-state index in [1.165, 1.54) is 5.56 Å². The molecule has 0 saturated carbocycles. The van der Waals surface area contributed by atoms with Crippen molar-refractivity contribution in [2.75, 3.05) is 26.2 Å². The Morgan fingerprint density at radius 3 is 2.88 bits per heavy atom. The van der Waals surface area contributed by atoms with Gasteiger partial charge in [-0.25, -0.2) is 9.79 Å². The van der Waals surface area contributed by atoms with Crippen LogP contribution in [0.25, 0.3) is 0 Å². The number of amides is 1. The molecule has 0 radical (unpaired) electrons. The second kappa shape index (κ2) is 8.09. The van der Waals surface area contributed by atoms with Gasteiger partial charge in [-0.2, -0.15) is 0 Å². The molecule has 3 rings (SSSR count). The molecule has 7 nitrogen and oxygen atoms in total. The van der Waals surface area contributed by atoms with Gasteiger partial charge in [-0.3, -0.25) is 0 Å². The second-order valence-corrected chi connectivity index (χ2v) is 6.38. The minimum Gasteiger partial charge on any atom is -0.488 e. The molecule has 25 heavy (non-hydrogen) atoms. The zero-order valence-electron chi connectivity index (χ0n) is 14.6. The summed E-state index contributed by atoms with van der Waals surface area (Å²) in [6.45, 7) is 4.10. The Morgan fingerprint density at radius 1 is 1.40 bits per heavy atom. The number of para-hydroxylation sites is 1. The van der Waals surface area contributed by atoms with Crippen molar-refractivity contribution < 1.29 is 14.3 Å². The summed E-state index contributed by atoms with van der Waals surface area (Å²) in [7, 11) is 0. The Bertz CT molecular complexity index is 602. The number of fused-ring (bicyclic) bond motifs is 1. The lowest BCUT2D eigenvalue weighted by Gasteiger charge is -2.31. The maximum Gasteiger partial charge on any atom is 0.409 e. The van der Waals surface area contributed by atoms with Crippen molar-refractivity contribution in [1.82, 2.24) is 10.2 Å². The average Bonchev–Trinajstić information content (AvgIpc) is 3.04. The fraction of sp³-hybridized carbons (Fsp3) is 0.556. The number of carbonyl (C=O) groups excluding carboxylic acids is 1. The molecule has 0 aromatic heterocycles. The number of ether oxygens (including phenoxy) is 2. The summed E-state index contributed by atoms with van der Waals surface area (Å²) in [6.07, 6.45) is 2.34. The van der Waals surface area contributed by atoms with Gasteiger partial charge in [0.25, 0.3) is 0 Å². The summed E-state index contributed by atoms with van der Waals surface area (Å²) < 4.78 is 10.9. The first kappa shape index (κ1) is 17.4. The van der Waals surface area contributed by atoms with Crippen LogP contribution in [0.2, 0.25) is 0 Å². The predicted octanol–water partition coefficient (Wildman–Crippen LogP) is 1.52. The molecule has 7 heteroatoms. The van der Waals surface area contributed by atoms with E-state index >= 15 is 0 Å². The van der Waals surface area contributed by atoms with E-state index in [2.05, 4.69) is 16.4 Å². The van der Waals surface area contributed by atoms with E-state index in [1.807, 2.05) is 25.1 Å². The summed E-state index contributed by atoms with van der Waals surface area (Å²) in [5.41, 5.74) is 7.23. The zero-order valence-corrected chi connectivity index (χ0v) is 14.6. The van der Waals surface area contributed by atoms with E-state index in [0.717, 1.165) is 25.0 Å². The highest BCUT2D eigenvalue weighted by molar-refractivity contribution is 5.78. The van der Waals surface area contributed by atoms with Gasteiger partial charge in [0, 0.05) is 25.6 Å². The van der Waals surface area contributed by atoms with Crippen LogP contribution in [-0.2, 0) is 11.2 Å². The number of rotatable bonds is 4. The van der Waals surface area contributed by atoms with Gasteiger partial charge in [0.15, 0.2) is 5.96 Å². The number of nitrogens with one attached hydrogen (secondary N) is 1. The van der Waals surface area contributed by atoms with Crippen LogP contribution in [0.3, 0.4) is 0 Å². The summed E-state index contributed by atoms with van der Waals surface area (Å²) in [6, 6.07) is 8.29. The molecule has 1 aromatic rings. The highest BCUT2D eigenvalue weighted by Gasteiger charge is 2.24. The average molecular weight is 346 g/mol. The van der Waals surface area contributed by atoms with Crippen molar-refractivity contribution in [3.63, 3.8) is 0 Å². The maximum absolute atomic E-state index is 11.7. The molecule has 0 spiro atoms. The van der Waals surface area contributed by atoms with Crippen molar-refractivity contribution in [3.8, 4) is 5.75 Å². The smallest absolute Gasteiger partial charge is 0.409 e. The number of carbonyl (C=O) groups is 1. The van der Waals surface area contributed by atoms with E-state index < -0.39 is 0 Å². The molecular weight excluding hydrogens is 320 g/mol. The van der Waals surface area contributed by atoms with Crippen molar-refractivity contribution in [3.05, 3.63) is 29.8 Å². The first-order valence-corrected chi connectivity index (χ1v) is 8.88. The number of piperidine rings is 1. The molecule has 1 atom stereocenters. The van der Waals surface area contributed by atoms with E-state index in [1.54, 1.807) is 4.90 Å². The molecule has 136 valence electrons. The van der Waals surface area contributed by atoms with Gasteiger partial charge in [-0.05, 0) is 31.4 Å². The van der Waals surface area contributed by atoms with E-state index in [9.17, 15) is 4.79 Å². The van der Waals surface area contributed by atoms with E-state index in [4.69, 9.17) is 15.2 Å². The van der Waals surface area contributed by atoms with Crippen LogP contribution < -0.4 is 15.8 Å². The maximum atomic E-state index is 11.7. The van der Waals surface area contributed by atoms with Crippen LogP contribution in [0.15, 0.2) is 29.3 Å². The molecule has 1 saturated heterocycles. The van der Waals surface area contributed by atoms with Crippen LogP contribution in [0, 0.1) is 0 Å². The third-order valence-corrected chi connectivity index (χ3v) is 4.55. The summed E-state index contributed by atoms with van der Waals surface area (Å²) in [4.78, 5) is 17.8. The molecule has 0 bridgehead atoms. The number of benzene rings is 1. The number of hydrogen-bond acceptors (Lipinski definition) is 4. The molecule has 1 amide bonds. The number of likely N-dealkylation sites (tertiary alicyclic amines) is 1. The molecule has 0 aliphatic carbocycles. The normalized spacial score (nSPS) is 20.8. The Balaban J connectivity index is 1.40. The van der Waals surface area contributed by atoms with Crippen LogP contribution in [-0.4, -0.2) is 55.3 Å². The van der Waals surface area contributed by atoms with E-state index in [-0.39, 0.29) is 18.2 Å². The van der Waals surface area contributed by atoms with Crippen LogP contribution in [0.5, 0.6) is 5.75 Å². The predicted molar refractivity (Wildman–Crippen MR) is 95.8 cm³/mol. The first-order valence-electron chi connectivity index (χ1n) is 8.88. The lowest BCUT2D eigenvalue weighted by molar-refractivity contribution is 0.0963. The third-order valence-electron chi connectivity index (χ3n) is 4.55. The molecule has 2 heterocycles.